The van der Waals surface area contributed by atoms with Crippen LogP contribution in [0.15, 0.2) is 58.9 Å². The number of carbonyl (C=O) groups excluding carboxylic acids is 1. The lowest BCUT2D eigenvalue weighted by Crippen LogP contribution is -2.13. The Bertz CT molecular complexity index is 770. The average Bonchev–Trinajstić information content (AvgIpc) is 3.04. The monoisotopic (exact) mass is 327 g/mol. The highest BCUT2D eigenvalue weighted by Crippen LogP contribution is 2.26. The minimum absolute atomic E-state index is 0.251. The first kappa shape index (κ1) is 14.7. The summed E-state index contributed by atoms with van der Waals surface area (Å²) in [6.07, 6.45) is 3.64. The van der Waals surface area contributed by atoms with Crippen LogP contribution in [0.5, 0.6) is 0 Å². The van der Waals surface area contributed by atoms with Crippen LogP contribution in [-0.4, -0.2) is 22.1 Å². The second kappa shape index (κ2) is 6.72. The maximum Gasteiger partial charge on any atom is 0.276 e. The quantitative estimate of drug-likeness (QED) is 0.730. The molecule has 0 saturated carbocycles. The molecule has 2 aromatic heterocycles. The maximum absolute atomic E-state index is 12.0. The largest absolute Gasteiger partial charge is 0.296 e. The van der Waals surface area contributed by atoms with Crippen molar-refractivity contribution >= 4 is 34.1 Å². The summed E-state index contributed by atoms with van der Waals surface area (Å²) < 4.78 is 0. The number of carbonyl (C=O) groups is 1. The Morgan fingerprint density at radius 1 is 1.18 bits per heavy atom. The number of amides is 1. The summed E-state index contributed by atoms with van der Waals surface area (Å²) in [6.45, 7) is 0. The van der Waals surface area contributed by atoms with Crippen molar-refractivity contribution in [1.82, 2.24) is 9.97 Å². The predicted molar refractivity (Wildman–Crippen MR) is 91.5 cm³/mol. The number of rotatable bonds is 4. The van der Waals surface area contributed by atoms with Gasteiger partial charge in [0.05, 0.1) is 5.69 Å². The molecule has 6 heteroatoms. The average molecular weight is 327 g/mol. The maximum atomic E-state index is 12.0. The second-order valence-electron chi connectivity index (χ2n) is 4.44. The fourth-order valence-corrected chi connectivity index (χ4v) is 3.01. The van der Waals surface area contributed by atoms with Crippen molar-refractivity contribution < 1.29 is 4.79 Å². The third-order valence-corrected chi connectivity index (χ3v) is 4.51. The Labute approximate surface area is 136 Å². The Morgan fingerprint density at radius 2 is 2.00 bits per heavy atom. The van der Waals surface area contributed by atoms with E-state index in [4.69, 9.17) is 0 Å². The molecular weight excluding hydrogens is 314 g/mol. The van der Waals surface area contributed by atoms with Gasteiger partial charge in [0.15, 0.2) is 5.13 Å². The molecule has 1 amide bonds. The van der Waals surface area contributed by atoms with Gasteiger partial charge in [-0.05, 0) is 30.5 Å². The molecule has 110 valence electrons. The minimum Gasteiger partial charge on any atom is -0.296 e. The van der Waals surface area contributed by atoms with Gasteiger partial charge in [-0.1, -0.05) is 18.2 Å². The normalized spacial score (nSPS) is 10.4. The van der Waals surface area contributed by atoms with E-state index in [1.165, 1.54) is 16.2 Å². The zero-order valence-electron chi connectivity index (χ0n) is 11.8. The van der Waals surface area contributed by atoms with Gasteiger partial charge in [-0.15, -0.1) is 23.1 Å². The fourth-order valence-electron chi connectivity index (χ4n) is 1.88. The van der Waals surface area contributed by atoms with E-state index in [1.807, 2.05) is 23.8 Å². The van der Waals surface area contributed by atoms with Crippen LogP contribution in [0.25, 0.3) is 11.3 Å². The topological polar surface area (TPSA) is 54.9 Å². The standard InChI is InChI=1S/C16H13N3OS2/c1-21-12-7-5-11(6-8-12)14-10-22-16(18-14)19-15(20)13-4-2-3-9-17-13/h2-10H,1H3,(H,18,19,20). The number of nitrogens with one attached hydrogen (secondary N) is 1. The van der Waals surface area contributed by atoms with Crippen molar-refractivity contribution in [3.63, 3.8) is 0 Å². The van der Waals surface area contributed by atoms with Crippen molar-refractivity contribution in [2.45, 2.75) is 4.90 Å². The molecule has 0 saturated heterocycles. The zero-order valence-corrected chi connectivity index (χ0v) is 13.4. The molecular formula is C16H13N3OS2. The van der Waals surface area contributed by atoms with Crippen molar-refractivity contribution in [3.8, 4) is 11.3 Å². The van der Waals surface area contributed by atoms with E-state index in [2.05, 4.69) is 27.4 Å². The highest BCUT2D eigenvalue weighted by atomic mass is 32.2. The zero-order chi connectivity index (χ0) is 15.4. The van der Waals surface area contributed by atoms with E-state index < -0.39 is 0 Å². The number of nitrogens with zero attached hydrogens (tertiary/aromatic N) is 2. The summed E-state index contributed by atoms with van der Waals surface area (Å²) in [5, 5.41) is 5.27. The number of benzene rings is 1. The first-order chi connectivity index (χ1) is 10.8. The molecule has 0 spiro atoms. The van der Waals surface area contributed by atoms with Gasteiger partial charge in [0.2, 0.25) is 0 Å². The summed E-state index contributed by atoms with van der Waals surface area (Å²) in [4.78, 5) is 21.7. The minimum atomic E-state index is -0.251. The van der Waals surface area contributed by atoms with Crippen molar-refractivity contribution in [2.75, 3.05) is 11.6 Å². The number of thiazole rings is 1. The number of pyridine rings is 1. The van der Waals surface area contributed by atoms with E-state index in [1.54, 1.807) is 36.2 Å². The van der Waals surface area contributed by atoms with Crippen LogP contribution in [0.3, 0.4) is 0 Å². The van der Waals surface area contributed by atoms with Gasteiger partial charge in [-0.2, -0.15) is 0 Å². The van der Waals surface area contributed by atoms with E-state index >= 15 is 0 Å². The fraction of sp³-hybridized carbons (Fsp3) is 0.0625. The predicted octanol–water partition coefficient (Wildman–Crippen LogP) is 4.18. The molecule has 3 rings (SSSR count). The van der Waals surface area contributed by atoms with Gasteiger partial charge in [0.1, 0.15) is 5.69 Å². The second-order valence-corrected chi connectivity index (χ2v) is 6.17. The lowest BCUT2D eigenvalue weighted by atomic mass is 10.2. The third-order valence-electron chi connectivity index (χ3n) is 3.01. The number of anilines is 1. The van der Waals surface area contributed by atoms with Crippen LogP contribution < -0.4 is 5.32 Å². The highest BCUT2D eigenvalue weighted by molar-refractivity contribution is 7.98. The molecule has 0 fully saturated rings. The molecule has 0 aliphatic carbocycles. The number of thioether (sulfide) groups is 1. The van der Waals surface area contributed by atoms with Crippen LogP contribution >= 0.6 is 23.1 Å². The van der Waals surface area contributed by atoms with Gasteiger partial charge in [-0.25, -0.2) is 4.98 Å². The highest BCUT2D eigenvalue weighted by Gasteiger charge is 2.10. The van der Waals surface area contributed by atoms with Gasteiger partial charge in [-0.3, -0.25) is 15.1 Å². The third kappa shape index (κ3) is 3.35. The molecule has 0 unspecified atom stereocenters. The van der Waals surface area contributed by atoms with Gasteiger partial charge in [0, 0.05) is 22.0 Å². The summed E-state index contributed by atoms with van der Waals surface area (Å²) in [5.74, 6) is -0.251. The molecule has 0 aliphatic rings. The van der Waals surface area contributed by atoms with E-state index in [0.717, 1.165) is 11.3 Å². The first-order valence-corrected chi connectivity index (χ1v) is 8.69. The summed E-state index contributed by atoms with van der Waals surface area (Å²) >= 11 is 3.10. The Hall–Kier alpha value is -2.18. The molecule has 0 bridgehead atoms. The Balaban J connectivity index is 1.74. The molecule has 2 heterocycles. The van der Waals surface area contributed by atoms with E-state index in [9.17, 15) is 4.79 Å². The molecule has 1 aromatic carbocycles. The number of hydrogen-bond acceptors (Lipinski definition) is 5. The molecule has 0 radical (unpaired) electrons. The van der Waals surface area contributed by atoms with Gasteiger partial charge >= 0.3 is 0 Å². The molecule has 1 N–H and O–H groups in total. The summed E-state index contributed by atoms with van der Waals surface area (Å²) in [5.41, 5.74) is 2.27. The van der Waals surface area contributed by atoms with Gasteiger partial charge in [0.25, 0.3) is 5.91 Å². The van der Waals surface area contributed by atoms with Crippen LogP contribution in [0.4, 0.5) is 5.13 Å². The number of hydrogen-bond donors (Lipinski definition) is 1. The molecule has 4 nitrogen and oxygen atoms in total. The van der Waals surface area contributed by atoms with Gasteiger partial charge < -0.3 is 0 Å². The van der Waals surface area contributed by atoms with Crippen molar-refractivity contribution in [3.05, 3.63) is 59.7 Å². The van der Waals surface area contributed by atoms with Crippen LogP contribution in [0.1, 0.15) is 10.5 Å². The Kier molecular flexibility index (Phi) is 4.50. The molecule has 3 aromatic rings. The van der Waals surface area contributed by atoms with E-state index in [-0.39, 0.29) is 5.91 Å². The van der Waals surface area contributed by atoms with Crippen LogP contribution in [0.2, 0.25) is 0 Å². The SMILES string of the molecule is CSc1ccc(-c2csc(NC(=O)c3ccccn3)n2)cc1. The Morgan fingerprint density at radius 3 is 2.68 bits per heavy atom. The molecule has 0 aliphatic heterocycles. The summed E-state index contributed by atoms with van der Waals surface area (Å²) in [6, 6.07) is 13.4. The summed E-state index contributed by atoms with van der Waals surface area (Å²) in [7, 11) is 0. The molecule has 0 atom stereocenters. The smallest absolute Gasteiger partial charge is 0.276 e. The first-order valence-electron chi connectivity index (χ1n) is 6.58. The van der Waals surface area contributed by atoms with E-state index in [0.29, 0.717) is 10.8 Å². The lowest BCUT2D eigenvalue weighted by molar-refractivity contribution is 0.102. The molecule has 22 heavy (non-hydrogen) atoms. The lowest BCUT2D eigenvalue weighted by Gasteiger charge is -2.00. The van der Waals surface area contributed by atoms with Crippen LogP contribution in [0, 0.1) is 0 Å². The van der Waals surface area contributed by atoms with Crippen molar-refractivity contribution in [2.24, 2.45) is 0 Å². The van der Waals surface area contributed by atoms with Crippen LogP contribution in [-0.2, 0) is 0 Å². The number of aromatic nitrogens is 2. The van der Waals surface area contributed by atoms with Crippen molar-refractivity contribution in [1.29, 1.82) is 0 Å².